The summed E-state index contributed by atoms with van der Waals surface area (Å²) in [6, 6.07) is 16.1. The topological polar surface area (TPSA) is 66.4 Å². The van der Waals surface area contributed by atoms with E-state index in [0.29, 0.717) is 17.4 Å². The molecule has 0 aliphatic carbocycles. The molecule has 0 bridgehead atoms. The second-order valence-electron chi connectivity index (χ2n) is 5.29. The summed E-state index contributed by atoms with van der Waals surface area (Å²) in [6.07, 6.45) is 0.572. The molecular weight excluding hydrogens is 290 g/mol. The normalized spacial score (nSPS) is 10.5. The Morgan fingerprint density at radius 3 is 2.52 bits per heavy atom. The number of carbonyl (C=O) groups is 2. The van der Waals surface area contributed by atoms with Crippen LogP contribution >= 0.6 is 0 Å². The first-order valence-corrected chi connectivity index (χ1v) is 7.18. The molecule has 1 amide bonds. The van der Waals surface area contributed by atoms with Crippen molar-refractivity contribution in [2.75, 3.05) is 5.32 Å². The number of fused-ring (bicyclic) bond motifs is 1. The van der Waals surface area contributed by atoms with E-state index in [4.69, 9.17) is 0 Å². The number of hydrogen-bond acceptors (Lipinski definition) is 3. The molecule has 0 saturated carbocycles. The lowest BCUT2D eigenvalue weighted by atomic mass is 9.99. The van der Waals surface area contributed by atoms with Gasteiger partial charge in [-0.3, -0.25) is 9.59 Å². The number of nitrogens with one attached hydrogen (secondary N) is 1. The molecule has 3 aromatic carbocycles. The van der Waals surface area contributed by atoms with Gasteiger partial charge in [-0.1, -0.05) is 42.5 Å². The van der Waals surface area contributed by atoms with Gasteiger partial charge in [-0.05, 0) is 35.4 Å². The van der Waals surface area contributed by atoms with Crippen molar-refractivity contribution < 1.29 is 14.7 Å². The summed E-state index contributed by atoms with van der Waals surface area (Å²) in [5.74, 6) is -0.754. The summed E-state index contributed by atoms with van der Waals surface area (Å²) in [7, 11) is 0. The van der Waals surface area contributed by atoms with Gasteiger partial charge >= 0.3 is 0 Å². The lowest BCUT2D eigenvalue weighted by molar-refractivity contribution is 0.102. The number of aromatic hydroxyl groups is 1. The number of phenols is 1. The third-order valence-corrected chi connectivity index (χ3v) is 3.82. The first kappa shape index (κ1) is 14.8. The molecule has 0 aliphatic rings. The molecular formula is C19H15NO3. The number of benzene rings is 3. The molecule has 114 valence electrons. The van der Waals surface area contributed by atoms with E-state index in [0.717, 1.165) is 10.9 Å². The van der Waals surface area contributed by atoms with Crippen LogP contribution in [0, 0.1) is 6.92 Å². The monoisotopic (exact) mass is 305 g/mol. The number of rotatable bonds is 3. The van der Waals surface area contributed by atoms with Gasteiger partial charge in [0.1, 0.15) is 5.75 Å². The number of aryl methyl sites for hydroxylation is 1. The molecule has 0 radical (unpaired) electrons. The molecule has 0 heterocycles. The van der Waals surface area contributed by atoms with Crippen LogP contribution in [0.1, 0.15) is 26.3 Å². The Hall–Kier alpha value is -3.14. The highest BCUT2D eigenvalue weighted by Gasteiger charge is 2.18. The number of hydrogen-bond donors (Lipinski definition) is 2. The van der Waals surface area contributed by atoms with Crippen molar-refractivity contribution in [3.05, 3.63) is 71.3 Å². The van der Waals surface area contributed by atoms with Gasteiger partial charge in [0.2, 0.25) is 0 Å². The highest BCUT2D eigenvalue weighted by atomic mass is 16.3. The summed E-state index contributed by atoms with van der Waals surface area (Å²) in [4.78, 5) is 23.8. The van der Waals surface area contributed by atoms with Gasteiger partial charge < -0.3 is 10.4 Å². The van der Waals surface area contributed by atoms with Crippen molar-refractivity contribution in [1.29, 1.82) is 0 Å². The van der Waals surface area contributed by atoms with Gasteiger partial charge in [0.15, 0.2) is 6.29 Å². The number of phenolic OH excluding ortho intramolecular Hbond substituents is 1. The molecule has 2 N–H and O–H groups in total. The van der Waals surface area contributed by atoms with E-state index in [9.17, 15) is 14.7 Å². The lowest BCUT2D eigenvalue weighted by Gasteiger charge is -2.12. The smallest absolute Gasteiger partial charge is 0.259 e. The highest BCUT2D eigenvalue weighted by Crippen LogP contribution is 2.30. The number of carbonyl (C=O) groups excluding carboxylic acids is 2. The van der Waals surface area contributed by atoms with Crippen LogP contribution in [0.5, 0.6) is 5.75 Å². The van der Waals surface area contributed by atoms with Crippen molar-refractivity contribution in [3.63, 3.8) is 0 Å². The van der Waals surface area contributed by atoms with Crippen molar-refractivity contribution in [2.45, 2.75) is 6.92 Å². The second-order valence-corrected chi connectivity index (χ2v) is 5.29. The van der Waals surface area contributed by atoms with Crippen LogP contribution in [-0.4, -0.2) is 17.3 Å². The summed E-state index contributed by atoms with van der Waals surface area (Å²) in [6.45, 7) is 1.88. The van der Waals surface area contributed by atoms with Crippen LogP contribution in [0.4, 0.5) is 5.69 Å². The van der Waals surface area contributed by atoms with Crippen molar-refractivity contribution in [2.24, 2.45) is 0 Å². The Bertz CT molecular complexity index is 916. The number of para-hydroxylation sites is 1. The van der Waals surface area contributed by atoms with Crippen LogP contribution < -0.4 is 5.32 Å². The molecule has 0 unspecified atom stereocenters. The SMILES string of the molecule is Cc1ccccc1NC(=O)c1cc2ccccc2c(C=O)c1O. The first-order valence-electron chi connectivity index (χ1n) is 7.18. The first-order chi connectivity index (χ1) is 11.1. The van der Waals surface area contributed by atoms with Gasteiger partial charge in [-0.25, -0.2) is 0 Å². The zero-order chi connectivity index (χ0) is 16.4. The van der Waals surface area contributed by atoms with Gasteiger partial charge in [-0.2, -0.15) is 0 Å². The Kier molecular flexibility index (Phi) is 3.81. The average molecular weight is 305 g/mol. The summed E-state index contributed by atoms with van der Waals surface area (Å²) >= 11 is 0. The lowest BCUT2D eigenvalue weighted by Crippen LogP contribution is -2.13. The molecule has 0 aromatic heterocycles. The van der Waals surface area contributed by atoms with Crippen LogP contribution in [0.3, 0.4) is 0 Å². The third kappa shape index (κ3) is 2.66. The molecule has 23 heavy (non-hydrogen) atoms. The second kappa shape index (κ2) is 5.93. The van der Waals surface area contributed by atoms with E-state index in [1.54, 1.807) is 30.3 Å². The molecule has 4 heteroatoms. The van der Waals surface area contributed by atoms with E-state index < -0.39 is 5.91 Å². The van der Waals surface area contributed by atoms with E-state index in [-0.39, 0.29) is 16.9 Å². The Morgan fingerprint density at radius 2 is 1.78 bits per heavy atom. The average Bonchev–Trinajstić information content (AvgIpc) is 2.56. The molecule has 0 atom stereocenters. The molecule has 0 saturated heterocycles. The van der Waals surface area contributed by atoms with Crippen LogP contribution in [0.25, 0.3) is 10.8 Å². The minimum absolute atomic E-state index is 0.0778. The summed E-state index contributed by atoms with van der Waals surface area (Å²) in [5, 5.41) is 14.4. The maximum atomic E-state index is 12.5. The van der Waals surface area contributed by atoms with Crippen LogP contribution in [0.15, 0.2) is 54.6 Å². The zero-order valence-electron chi connectivity index (χ0n) is 12.5. The van der Waals surface area contributed by atoms with E-state index in [1.165, 1.54) is 0 Å². The fourth-order valence-corrected chi connectivity index (χ4v) is 2.56. The predicted octanol–water partition coefficient (Wildman–Crippen LogP) is 3.92. The molecule has 4 nitrogen and oxygen atoms in total. The van der Waals surface area contributed by atoms with Crippen molar-refractivity contribution in [3.8, 4) is 5.75 Å². The molecule has 0 fully saturated rings. The predicted molar refractivity (Wildman–Crippen MR) is 90.1 cm³/mol. The Morgan fingerprint density at radius 1 is 1.09 bits per heavy atom. The minimum atomic E-state index is -0.453. The van der Waals surface area contributed by atoms with Crippen LogP contribution in [-0.2, 0) is 0 Å². The number of anilines is 1. The van der Waals surface area contributed by atoms with E-state index in [1.807, 2.05) is 31.2 Å². The molecule has 3 aromatic rings. The molecule has 3 rings (SSSR count). The maximum absolute atomic E-state index is 12.5. The van der Waals surface area contributed by atoms with E-state index >= 15 is 0 Å². The van der Waals surface area contributed by atoms with Gasteiger partial charge in [0.05, 0.1) is 11.1 Å². The largest absolute Gasteiger partial charge is 0.506 e. The Balaban J connectivity index is 2.09. The number of amides is 1. The quantitative estimate of drug-likeness (QED) is 0.721. The highest BCUT2D eigenvalue weighted by molar-refractivity contribution is 6.12. The fourth-order valence-electron chi connectivity index (χ4n) is 2.56. The Labute approximate surface area is 133 Å². The molecule has 0 aliphatic heterocycles. The summed E-state index contributed by atoms with van der Waals surface area (Å²) < 4.78 is 0. The van der Waals surface area contributed by atoms with Crippen molar-refractivity contribution in [1.82, 2.24) is 0 Å². The van der Waals surface area contributed by atoms with Crippen LogP contribution in [0.2, 0.25) is 0 Å². The number of aldehydes is 1. The molecule has 0 spiro atoms. The zero-order valence-corrected chi connectivity index (χ0v) is 12.5. The van der Waals surface area contributed by atoms with E-state index in [2.05, 4.69) is 5.32 Å². The van der Waals surface area contributed by atoms with Gasteiger partial charge in [0.25, 0.3) is 5.91 Å². The third-order valence-electron chi connectivity index (χ3n) is 3.82. The van der Waals surface area contributed by atoms with Gasteiger partial charge in [0, 0.05) is 5.69 Å². The fraction of sp³-hybridized carbons (Fsp3) is 0.0526. The van der Waals surface area contributed by atoms with Gasteiger partial charge in [-0.15, -0.1) is 0 Å². The standard InChI is InChI=1S/C19H15NO3/c1-12-6-2-5-9-17(12)20-19(23)15-10-13-7-3-4-8-14(13)16(11-21)18(15)22/h2-11,22H,1H3,(H,20,23). The minimum Gasteiger partial charge on any atom is -0.506 e. The van der Waals surface area contributed by atoms with Crippen molar-refractivity contribution >= 4 is 28.7 Å². The maximum Gasteiger partial charge on any atom is 0.259 e. The summed E-state index contributed by atoms with van der Waals surface area (Å²) in [5.41, 5.74) is 1.78.